The van der Waals surface area contributed by atoms with Gasteiger partial charge in [0, 0.05) is 36.9 Å². The van der Waals surface area contributed by atoms with E-state index >= 15 is 0 Å². The van der Waals surface area contributed by atoms with E-state index in [9.17, 15) is 4.79 Å². The van der Waals surface area contributed by atoms with E-state index in [-0.39, 0.29) is 18.1 Å². The van der Waals surface area contributed by atoms with Crippen LogP contribution >= 0.6 is 11.6 Å². The zero-order chi connectivity index (χ0) is 17.6. The lowest BCUT2D eigenvalue weighted by molar-refractivity contribution is -0.135. The number of benzene rings is 1. The van der Waals surface area contributed by atoms with E-state index in [1.54, 1.807) is 0 Å². The highest BCUT2D eigenvalue weighted by Crippen LogP contribution is 2.17. The molecule has 2 unspecified atom stereocenters. The number of carbonyl (C=O) groups excluding carboxylic acids is 1. The minimum Gasteiger partial charge on any atom is -0.367 e. The van der Waals surface area contributed by atoms with Crippen molar-refractivity contribution >= 4 is 23.2 Å². The fraction of sp³-hybridized carbons (Fsp3) is 0.588. The number of amides is 1. The topological polar surface area (TPSA) is 71.7 Å². The van der Waals surface area contributed by atoms with E-state index in [1.807, 2.05) is 29.2 Å². The Hall–Kier alpha value is -1.38. The molecule has 138 valence electrons. The first-order chi connectivity index (χ1) is 12.2. The molecule has 0 radical (unpaired) electrons. The fourth-order valence-electron chi connectivity index (χ4n) is 3.22. The van der Waals surface area contributed by atoms with Crippen molar-refractivity contribution in [2.75, 3.05) is 38.0 Å². The van der Waals surface area contributed by atoms with Gasteiger partial charge in [0.1, 0.15) is 12.2 Å². The standard InChI is InChI=1S/C17H27ClN6O/c1-2-3-7-23-8-10-24(11-9-23)17(25)15-16(21-22-20-15)19-14-6-4-5-13(18)12-14/h4-6,12,15-16,19-22H,2-3,7-11H2,1H3. The van der Waals surface area contributed by atoms with Gasteiger partial charge in [-0.05, 0) is 31.2 Å². The van der Waals surface area contributed by atoms with Crippen molar-refractivity contribution in [3.63, 3.8) is 0 Å². The van der Waals surface area contributed by atoms with Gasteiger partial charge in [-0.3, -0.25) is 9.69 Å². The molecular formula is C17H27ClN6O. The van der Waals surface area contributed by atoms with Crippen molar-refractivity contribution in [3.8, 4) is 0 Å². The molecule has 2 fully saturated rings. The largest absolute Gasteiger partial charge is 0.367 e. The highest BCUT2D eigenvalue weighted by molar-refractivity contribution is 6.30. The molecule has 1 amide bonds. The van der Waals surface area contributed by atoms with Crippen LogP contribution in [0.2, 0.25) is 5.02 Å². The summed E-state index contributed by atoms with van der Waals surface area (Å²) < 4.78 is 0. The molecule has 8 heteroatoms. The summed E-state index contributed by atoms with van der Waals surface area (Å²) in [6, 6.07) is 7.11. The maximum absolute atomic E-state index is 12.9. The first-order valence-corrected chi connectivity index (χ1v) is 9.34. The monoisotopic (exact) mass is 366 g/mol. The molecule has 2 saturated heterocycles. The van der Waals surface area contributed by atoms with Crippen molar-refractivity contribution in [2.45, 2.75) is 32.0 Å². The number of anilines is 1. The number of nitrogens with one attached hydrogen (secondary N) is 4. The number of hydrogen-bond donors (Lipinski definition) is 4. The number of rotatable bonds is 6. The van der Waals surface area contributed by atoms with Gasteiger partial charge in [0.05, 0.1) is 0 Å². The summed E-state index contributed by atoms with van der Waals surface area (Å²) in [4.78, 5) is 17.3. The summed E-state index contributed by atoms with van der Waals surface area (Å²) in [6.45, 7) is 6.80. The zero-order valence-electron chi connectivity index (χ0n) is 14.6. The van der Waals surface area contributed by atoms with Gasteiger partial charge in [-0.2, -0.15) is 5.53 Å². The molecule has 1 aromatic carbocycles. The lowest BCUT2D eigenvalue weighted by atomic mass is 10.1. The second-order valence-electron chi connectivity index (χ2n) is 6.54. The maximum Gasteiger partial charge on any atom is 0.244 e. The predicted octanol–water partition coefficient (Wildman–Crippen LogP) is 1.00. The summed E-state index contributed by atoms with van der Waals surface area (Å²) in [7, 11) is 0. The van der Waals surface area contributed by atoms with Gasteiger partial charge in [-0.15, -0.1) is 0 Å². The Morgan fingerprint density at radius 3 is 2.80 bits per heavy atom. The number of piperazine rings is 1. The molecule has 4 N–H and O–H groups in total. The summed E-state index contributed by atoms with van der Waals surface area (Å²) in [5.74, 6) is 0.104. The van der Waals surface area contributed by atoms with Crippen LogP contribution in [-0.4, -0.2) is 60.6 Å². The molecule has 0 bridgehead atoms. The van der Waals surface area contributed by atoms with Gasteiger partial charge < -0.3 is 10.2 Å². The second-order valence-corrected chi connectivity index (χ2v) is 6.98. The molecule has 2 atom stereocenters. The second kappa shape index (κ2) is 8.82. The number of halogens is 1. The van der Waals surface area contributed by atoms with Crippen molar-refractivity contribution in [1.29, 1.82) is 0 Å². The number of hydrazine groups is 2. The first-order valence-electron chi connectivity index (χ1n) is 8.96. The maximum atomic E-state index is 12.9. The molecule has 0 saturated carbocycles. The van der Waals surface area contributed by atoms with Crippen LogP contribution in [-0.2, 0) is 4.79 Å². The van der Waals surface area contributed by atoms with Gasteiger partial charge in [-0.25, -0.2) is 10.9 Å². The van der Waals surface area contributed by atoms with Crippen LogP contribution in [0.25, 0.3) is 0 Å². The van der Waals surface area contributed by atoms with Crippen molar-refractivity contribution in [3.05, 3.63) is 29.3 Å². The molecule has 0 aromatic heterocycles. The molecule has 2 heterocycles. The van der Waals surface area contributed by atoms with Crippen LogP contribution in [0.15, 0.2) is 24.3 Å². The molecule has 2 aliphatic heterocycles. The number of nitrogens with zero attached hydrogens (tertiary/aromatic N) is 2. The SMILES string of the molecule is CCCCN1CCN(C(=O)C2NNNC2Nc2cccc(Cl)c2)CC1. The zero-order valence-corrected chi connectivity index (χ0v) is 15.4. The number of hydrogen-bond acceptors (Lipinski definition) is 6. The highest BCUT2D eigenvalue weighted by atomic mass is 35.5. The number of carbonyl (C=O) groups is 1. The molecule has 7 nitrogen and oxygen atoms in total. The molecule has 0 spiro atoms. The Labute approximate surface area is 154 Å². The number of unbranched alkanes of at least 4 members (excludes halogenated alkanes) is 1. The van der Waals surface area contributed by atoms with E-state index in [1.165, 1.54) is 12.8 Å². The molecular weight excluding hydrogens is 340 g/mol. The predicted molar refractivity (Wildman–Crippen MR) is 100.0 cm³/mol. The van der Waals surface area contributed by atoms with Crippen molar-refractivity contribution in [2.24, 2.45) is 0 Å². The summed E-state index contributed by atoms with van der Waals surface area (Å²) >= 11 is 6.03. The lowest BCUT2D eigenvalue weighted by Crippen LogP contribution is -2.56. The molecule has 0 aliphatic carbocycles. The van der Waals surface area contributed by atoms with Crippen molar-refractivity contribution in [1.82, 2.24) is 26.2 Å². The van der Waals surface area contributed by atoms with E-state index in [2.05, 4.69) is 33.5 Å². The van der Waals surface area contributed by atoms with Gasteiger partial charge in [0.25, 0.3) is 0 Å². The Balaban J connectivity index is 1.54. The van der Waals surface area contributed by atoms with Gasteiger partial charge in [-0.1, -0.05) is 31.0 Å². The van der Waals surface area contributed by atoms with Crippen LogP contribution in [0.5, 0.6) is 0 Å². The highest BCUT2D eigenvalue weighted by Gasteiger charge is 2.36. The summed E-state index contributed by atoms with van der Waals surface area (Å²) in [5, 5.41) is 3.97. The third-order valence-electron chi connectivity index (χ3n) is 4.71. The molecule has 3 rings (SSSR count). The fourth-order valence-corrected chi connectivity index (χ4v) is 3.41. The average Bonchev–Trinajstić information content (AvgIpc) is 3.08. The Bertz CT molecular complexity index is 578. The van der Waals surface area contributed by atoms with Crippen molar-refractivity contribution < 1.29 is 4.79 Å². The van der Waals surface area contributed by atoms with Crippen LogP contribution in [0.4, 0.5) is 5.69 Å². The van der Waals surface area contributed by atoms with Crippen LogP contribution in [0.1, 0.15) is 19.8 Å². The molecule has 25 heavy (non-hydrogen) atoms. The average molecular weight is 367 g/mol. The smallest absolute Gasteiger partial charge is 0.244 e. The van der Waals surface area contributed by atoms with Gasteiger partial charge in [0.15, 0.2) is 0 Å². The lowest BCUT2D eigenvalue weighted by Gasteiger charge is -2.36. The normalized spacial score (nSPS) is 24.5. The van der Waals surface area contributed by atoms with E-state index in [0.29, 0.717) is 5.02 Å². The van der Waals surface area contributed by atoms with Gasteiger partial charge >= 0.3 is 0 Å². The quantitative estimate of drug-likeness (QED) is 0.602. The summed E-state index contributed by atoms with van der Waals surface area (Å²) in [6.07, 6.45) is 2.18. The minimum absolute atomic E-state index is 0.104. The summed E-state index contributed by atoms with van der Waals surface area (Å²) in [5.41, 5.74) is 9.81. The Kier molecular flexibility index (Phi) is 6.50. The first kappa shape index (κ1) is 18.4. The van der Waals surface area contributed by atoms with Crippen LogP contribution in [0, 0.1) is 0 Å². The van der Waals surface area contributed by atoms with Crippen LogP contribution in [0.3, 0.4) is 0 Å². The van der Waals surface area contributed by atoms with E-state index in [4.69, 9.17) is 11.6 Å². The minimum atomic E-state index is -0.374. The molecule has 2 aliphatic rings. The third-order valence-corrected chi connectivity index (χ3v) is 4.95. The Morgan fingerprint density at radius 2 is 2.08 bits per heavy atom. The van der Waals surface area contributed by atoms with E-state index in [0.717, 1.165) is 38.4 Å². The molecule has 1 aromatic rings. The Morgan fingerprint density at radius 1 is 1.28 bits per heavy atom. The third kappa shape index (κ3) is 4.83. The van der Waals surface area contributed by atoms with Crippen LogP contribution < -0.4 is 21.7 Å². The van der Waals surface area contributed by atoms with Gasteiger partial charge in [0.2, 0.25) is 5.91 Å². The van der Waals surface area contributed by atoms with E-state index < -0.39 is 0 Å².